The van der Waals surface area contributed by atoms with Crippen molar-refractivity contribution in [3.05, 3.63) is 0 Å². The maximum atomic E-state index is 11.8. The Labute approximate surface area is 137 Å². The maximum absolute atomic E-state index is 11.8. The van der Waals surface area contributed by atoms with Crippen LogP contribution in [0.4, 0.5) is 0 Å². The molecule has 0 radical (unpaired) electrons. The summed E-state index contributed by atoms with van der Waals surface area (Å²) < 4.78 is 5.81. The minimum absolute atomic E-state index is 0.184. The molecule has 134 valence electrons. The Hall–Kier alpha value is -1.63. The molecule has 0 saturated heterocycles. The smallest absolute Gasteiger partial charge is 0.307 e. The lowest BCUT2D eigenvalue weighted by molar-refractivity contribution is -0.873. The van der Waals surface area contributed by atoms with Crippen LogP contribution >= 0.6 is 0 Å². The van der Waals surface area contributed by atoms with Gasteiger partial charge >= 0.3 is 17.9 Å². The van der Waals surface area contributed by atoms with Gasteiger partial charge in [-0.1, -0.05) is 19.3 Å². The van der Waals surface area contributed by atoms with Crippen molar-refractivity contribution in [2.75, 3.05) is 27.7 Å². The van der Waals surface area contributed by atoms with Crippen LogP contribution in [-0.2, 0) is 19.1 Å². The van der Waals surface area contributed by atoms with Gasteiger partial charge in [-0.3, -0.25) is 14.4 Å². The molecule has 0 heterocycles. The van der Waals surface area contributed by atoms with Crippen molar-refractivity contribution in [3.63, 3.8) is 0 Å². The normalized spacial score (nSPS) is 12.7. The van der Waals surface area contributed by atoms with Crippen LogP contribution in [0.3, 0.4) is 0 Å². The van der Waals surface area contributed by atoms with E-state index in [1.54, 1.807) is 0 Å². The molecule has 0 aromatic carbocycles. The number of carboxylic acids is 2. The van der Waals surface area contributed by atoms with Crippen molar-refractivity contribution in [3.8, 4) is 0 Å². The number of aliphatic carboxylic acids is 2. The van der Waals surface area contributed by atoms with Gasteiger partial charge in [-0.2, -0.15) is 0 Å². The molecule has 7 heteroatoms. The quantitative estimate of drug-likeness (QED) is 0.303. The second-order valence-corrected chi connectivity index (χ2v) is 6.84. The molecule has 7 nitrogen and oxygen atoms in total. The number of nitrogens with zero attached hydrogens (tertiary/aromatic N) is 1. The molecule has 0 bridgehead atoms. The van der Waals surface area contributed by atoms with Gasteiger partial charge in [0.15, 0.2) is 6.10 Å². The number of quaternary nitrogens is 1. The molecule has 0 aromatic heterocycles. The third-order valence-corrected chi connectivity index (χ3v) is 3.22. The number of hydrogen-bond acceptors (Lipinski definition) is 4. The average Bonchev–Trinajstić information content (AvgIpc) is 2.34. The van der Waals surface area contributed by atoms with Crippen LogP contribution < -0.4 is 0 Å². The number of carboxylic acid groups (broad SMARTS) is 2. The van der Waals surface area contributed by atoms with Crippen molar-refractivity contribution in [1.82, 2.24) is 0 Å². The highest BCUT2D eigenvalue weighted by Gasteiger charge is 2.24. The number of esters is 1. The summed E-state index contributed by atoms with van der Waals surface area (Å²) in [6, 6.07) is 0. The number of carbonyl (C=O) groups excluding carboxylic acids is 1. The summed E-state index contributed by atoms with van der Waals surface area (Å²) >= 11 is 0. The van der Waals surface area contributed by atoms with Crippen molar-refractivity contribution in [2.24, 2.45) is 0 Å². The van der Waals surface area contributed by atoms with Gasteiger partial charge < -0.3 is 19.4 Å². The number of likely N-dealkylation sites (N-methyl/N-ethyl adjacent to an activating group) is 1. The Morgan fingerprint density at radius 2 is 1.39 bits per heavy atom. The average molecular weight is 332 g/mol. The zero-order valence-electron chi connectivity index (χ0n) is 14.4. The molecule has 0 aliphatic carbocycles. The highest BCUT2D eigenvalue weighted by atomic mass is 16.5. The second-order valence-electron chi connectivity index (χ2n) is 6.84. The van der Waals surface area contributed by atoms with E-state index in [1.165, 1.54) is 0 Å². The fourth-order valence-corrected chi connectivity index (χ4v) is 2.27. The minimum atomic E-state index is -0.977. The Kier molecular flexibility index (Phi) is 10.2. The third-order valence-electron chi connectivity index (χ3n) is 3.22. The first kappa shape index (κ1) is 21.4. The highest BCUT2D eigenvalue weighted by molar-refractivity contribution is 5.71. The van der Waals surface area contributed by atoms with Crippen LogP contribution in [0.1, 0.15) is 51.4 Å². The summed E-state index contributed by atoms with van der Waals surface area (Å²) in [5.74, 6) is -2.12. The Balaban J connectivity index is 3.94. The summed E-state index contributed by atoms with van der Waals surface area (Å²) in [6.45, 7) is 0.452. The summed E-state index contributed by atoms with van der Waals surface area (Å²) in [7, 11) is 5.75. The van der Waals surface area contributed by atoms with Gasteiger partial charge in [-0.15, -0.1) is 0 Å². The van der Waals surface area contributed by atoms with Crippen LogP contribution in [0.15, 0.2) is 0 Å². The minimum Gasteiger partial charge on any atom is -0.481 e. The first-order valence-corrected chi connectivity index (χ1v) is 8.03. The lowest BCUT2D eigenvalue weighted by Crippen LogP contribution is -2.43. The van der Waals surface area contributed by atoms with E-state index in [1.807, 2.05) is 21.1 Å². The molecule has 23 heavy (non-hydrogen) atoms. The molecule has 0 saturated carbocycles. The molecule has 1 unspecified atom stereocenters. The Morgan fingerprint density at radius 1 is 0.870 bits per heavy atom. The molecule has 0 aromatic rings. The standard InChI is InChI=1S/C16H29NO6/c1-17(2,3)12-13(11-15(20)21)23-16(22)10-8-6-4-5-7-9-14(18)19/h13H,4-12H2,1-3H3,(H-,18,19,20,21)/p+1. The van der Waals surface area contributed by atoms with Gasteiger partial charge in [0.1, 0.15) is 6.54 Å². The van der Waals surface area contributed by atoms with E-state index in [4.69, 9.17) is 14.9 Å². The topological polar surface area (TPSA) is 101 Å². The van der Waals surface area contributed by atoms with E-state index in [2.05, 4.69) is 0 Å². The molecule has 0 fully saturated rings. The largest absolute Gasteiger partial charge is 0.481 e. The van der Waals surface area contributed by atoms with Gasteiger partial charge in [0.05, 0.1) is 27.6 Å². The van der Waals surface area contributed by atoms with Gasteiger partial charge in [-0.05, 0) is 12.8 Å². The SMILES string of the molecule is C[N+](C)(C)CC(CC(=O)O)OC(=O)CCCCCCCC(=O)O. The number of hydrogen-bond donors (Lipinski definition) is 2. The van der Waals surface area contributed by atoms with Crippen LogP contribution in [0, 0.1) is 0 Å². The van der Waals surface area contributed by atoms with E-state index in [0.29, 0.717) is 23.9 Å². The highest BCUT2D eigenvalue weighted by Crippen LogP contribution is 2.10. The lowest BCUT2D eigenvalue weighted by Gasteiger charge is -2.28. The molecule has 0 aliphatic rings. The molecular weight excluding hydrogens is 302 g/mol. The van der Waals surface area contributed by atoms with Crippen molar-refractivity contribution < 1.29 is 33.8 Å². The molecule has 0 aliphatic heterocycles. The third kappa shape index (κ3) is 15.1. The predicted molar refractivity (Wildman–Crippen MR) is 85.0 cm³/mol. The number of ether oxygens (including phenoxy) is 1. The van der Waals surface area contributed by atoms with Gasteiger partial charge in [-0.25, -0.2) is 0 Å². The lowest BCUT2D eigenvalue weighted by atomic mass is 10.1. The van der Waals surface area contributed by atoms with E-state index >= 15 is 0 Å². The van der Waals surface area contributed by atoms with Gasteiger partial charge in [0, 0.05) is 12.8 Å². The number of carbonyl (C=O) groups is 3. The van der Waals surface area contributed by atoms with Crippen LogP contribution in [0.5, 0.6) is 0 Å². The fourth-order valence-electron chi connectivity index (χ4n) is 2.27. The molecule has 1 atom stereocenters. The first-order valence-electron chi connectivity index (χ1n) is 8.03. The van der Waals surface area contributed by atoms with Crippen LogP contribution in [-0.4, -0.2) is 66.4 Å². The fraction of sp³-hybridized carbons (Fsp3) is 0.812. The van der Waals surface area contributed by atoms with E-state index < -0.39 is 18.0 Å². The summed E-state index contributed by atoms with van der Waals surface area (Å²) in [5, 5.41) is 17.4. The van der Waals surface area contributed by atoms with Gasteiger partial charge in [0.2, 0.25) is 0 Å². The first-order chi connectivity index (χ1) is 10.6. The van der Waals surface area contributed by atoms with E-state index in [-0.39, 0.29) is 25.2 Å². The van der Waals surface area contributed by atoms with E-state index in [0.717, 1.165) is 19.3 Å². The van der Waals surface area contributed by atoms with Crippen LogP contribution in [0.25, 0.3) is 0 Å². The zero-order chi connectivity index (χ0) is 17.9. The number of unbranched alkanes of at least 4 members (excludes halogenated alkanes) is 4. The second kappa shape index (κ2) is 11.0. The molecule has 0 rings (SSSR count). The molecule has 0 amide bonds. The van der Waals surface area contributed by atoms with Crippen molar-refractivity contribution in [1.29, 1.82) is 0 Å². The maximum Gasteiger partial charge on any atom is 0.307 e. The Morgan fingerprint density at radius 3 is 1.87 bits per heavy atom. The van der Waals surface area contributed by atoms with Gasteiger partial charge in [0.25, 0.3) is 0 Å². The molecule has 2 N–H and O–H groups in total. The Bertz CT molecular complexity index is 389. The van der Waals surface area contributed by atoms with Crippen LogP contribution in [0.2, 0.25) is 0 Å². The van der Waals surface area contributed by atoms with Crippen molar-refractivity contribution in [2.45, 2.75) is 57.5 Å². The van der Waals surface area contributed by atoms with Crippen molar-refractivity contribution >= 4 is 17.9 Å². The predicted octanol–water partition coefficient (Wildman–Crippen LogP) is 1.89. The summed E-state index contributed by atoms with van der Waals surface area (Å²) in [4.78, 5) is 33.0. The zero-order valence-corrected chi connectivity index (χ0v) is 14.4. The number of rotatable bonds is 13. The summed E-state index contributed by atoms with van der Waals surface area (Å²) in [5.41, 5.74) is 0. The molecule has 0 spiro atoms. The monoisotopic (exact) mass is 332 g/mol. The molecular formula is C16H30NO6+. The van der Waals surface area contributed by atoms with E-state index in [9.17, 15) is 14.4 Å². The summed E-state index contributed by atoms with van der Waals surface area (Å²) in [6.07, 6.45) is 3.55.